The fourth-order valence-electron chi connectivity index (χ4n) is 3.29. The lowest BCUT2D eigenvalue weighted by Crippen LogP contribution is -2.37. The van der Waals surface area contributed by atoms with Crippen LogP contribution in [0.5, 0.6) is 5.75 Å². The summed E-state index contributed by atoms with van der Waals surface area (Å²) in [7, 11) is 1.79. The molecule has 170 valence electrons. The molecule has 1 saturated heterocycles. The SMILES string of the molecule is CCN(CC)CCOc1ccc(CNC(=NC)NCCCOCC2CCOC2)cc1. The summed E-state index contributed by atoms with van der Waals surface area (Å²) in [6.45, 7) is 13.0. The first-order chi connectivity index (χ1) is 14.7. The lowest BCUT2D eigenvalue weighted by atomic mass is 10.1. The highest BCUT2D eigenvalue weighted by atomic mass is 16.5. The van der Waals surface area contributed by atoms with Crippen LogP contribution in [0.3, 0.4) is 0 Å². The van der Waals surface area contributed by atoms with Crippen LogP contribution in [0, 0.1) is 5.92 Å². The third kappa shape index (κ3) is 9.78. The summed E-state index contributed by atoms with van der Waals surface area (Å²) in [5.74, 6) is 2.29. The number of nitrogens with zero attached hydrogens (tertiary/aromatic N) is 2. The highest BCUT2D eigenvalue weighted by molar-refractivity contribution is 5.79. The van der Waals surface area contributed by atoms with Crippen LogP contribution in [0.15, 0.2) is 29.3 Å². The lowest BCUT2D eigenvalue weighted by molar-refractivity contribution is 0.0888. The molecule has 0 aromatic heterocycles. The summed E-state index contributed by atoms with van der Waals surface area (Å²) in [6, 6.07) is 8.24. The van der Waals surface area contributed by atoms with Crippen LogP contribution in [0.25, 0.3) is 0 Å². The molecule has 30 heavy (non-hydrogen) atoms. The highest BCUT2D eigenvalue weighted by Gasteiger charge is 2.15. The first kappa shape index (κ1) is 24.4. The molecule has 1 heterocycles. The molecule has 0 saturated carbocycles. The average molecular weight is 421 g/mol. The maximum absolute atomic E-state index is 5.84. The van der Waals surface area contributed by atoms with E-state index in [-0.39, 0.29) is 0 Å². The second-order valence-corrected chi connectivity index (χ2v) is 7.53. The number of rotatable bonds is 14. The third-order valence-corrected chi connectivity index (χ3v) is 5.31. The fraction of sp³-hybridized carbons (Fsp3) is 0.696. The van der Waals surface area contributed by atoms with E-state index in [2.05, 4.69) is 46.5 Å². The molecule has 1 fully saturated rings. The molecule has 1 aromatic carbocycles. The van der Waals surface area contributed by atoms with Gasteiger partial charge in [0.2, 0.25) is 0 Å². The number of likely N-dealkylation sites (N-methyl/N-ethyl adjacent to an activating group) is 1. The van der Waals surface area contributed by atoms with Gasteiger partial charge in [-0.2, -0.15) is 0 Å². The van der Waals surface area contributed by atoms with Gasteiger partial charge in [0.15, 0.2) is 5.96 Å². The van der Waals surface area contributed by atoms with E-state index in [1.54, 1.807) is 7.05 Å². The normalized spacial score (nSPS) is 16.8. The van der Waals surface area contributed by atoms with Crippen LogP contribution in [-0.2, 0) is 16.0 Å². The van der Waals surface area contributed by atoms with Crippen LogP contribution < -0.4 is 15.4 Å². The predicted octanol–water partition coefficient (Wildman–Crippen LogP) is 2.52. The molecule has 1 atom stereocenters. The monoisotopic (exact) mass is 420 g/mol. The largest absolute Gasteiger partial charge is 0.492 e. The molecule has 0 aliphatic carbocycles. The van der Waals surface area contributed by atoms with Gasteiger partial charge in [-0.3, -0.25) is 4.99 Å². The fourth-order valence-corrected chi connectivity index (χ4v) is 3.29. The maximum Gasteiger partial charge on any atom is 0.191 e. The van der Waals surface area contributed by atoms with Crippen LogP contribution in [0.1, 0.15) is 32.3 Å². The number of hydrogen-bond donors (Lipinski definition) is 2. The van der Waals surface area contributed by atoms with E-state index < -0.39 is 0 Å². The number of guanidine groups is 1. The van der Waals surface area contributed by atoms with E-state index in [0.717, 1.165) is 83.7 Å². The van der Waals surface area contributed by atoms with Crippen molar-refractivity contribution >= 4 is 5.96 Å². The van der Waals surface area contributed by atoms with E-state index in [0.29, 0.717) is 12.5 Å². The minimum atomic E-state index is 0.576. The summed E-state index contributed by atoms with van der Waals surface area (Å²) in [6.07, 6.45) is 2.08. The van der Waals surface area contributed by atoms with Crippen LogP contribution >= 0.6 is 0 Å². The van der Waals surface area contributed by atoms with Crippen LogP contribution in [-0.4, -0.2) is 77.1 Å². The van der Waals surface area contributed by atoms with E-state index in [4.69, 9.17) is 14.2 Å². The minimum Gasteiger partial charge on any atom is -0.492 e. The summed E-state index contributed by atoms with van der Waals surface area (Å²) in [5.41, 5.74) is 1.19. The molecule has 0 spiro atoms. The van der Waals surface area contributed by atoms with Gasteiger partial charge in [-0.1, -0.05) is 26.0 Å². The van der Waals surface area contributed by atoms with Crippen molar-refractivity contribution in [1.82, 2.24) is 15.5 Å². The molecule has 0 bridgehead atoms. The molecule has 0 amide bonds. The first-order valence-corrected chi connectivity index (χ1v) is 11.3. The van der Waals surface area contributed by atoms with Crippen LogP contribution in [0.4, 0.5) is 0 Å². The Labute approximate surface area is 182 Å². The number of ether oxygens (including phenoxy) is 3. The van der Waals surface area contributed by atoms with Crippen molar-refractivity contribution in [2.75, 3.05) is 66.3 Å². The number of benzene rings is 1. The van der Waals surface area contributed by atoms with E-state index in [9.17, 15) is 0 Å². The van der Waals surface area contributed by atoms with Gasteiger partial charge in [0.05, 0.1) is 13.2 Å². The van der Waals surface area contributed by atoms with Crippen LogP contribution in [0.2, 0.25) is 0 Å². The summed E-state index contributed by atoms with van der Waals surface area (Å²) in [4.78, 5) is 6.64. The molecule has 2 rings (SSSR count). The Bertz CT molecular complexity index is 585. The second-order valence-electron chi connectivity index (χ2n) is 7.53. The Morgan fingerprint density at radius 1 is 1.17 bits per heavy atom. The Morgan fingerprint density at radius 3 is 2.63 bits per heavy atom. The molecule has 7 heteroatoms. The van der Waals surface area contributed by atoms with Crippen molar-refractivity contribution in [3.63, 3.8) is 0 Å². The lowest BCUT2D eigenvalue weighted by Gasteiger charge is -2.18. The maximum atomic E-state index is 5.84. The molecule has 7 nitrogen and oxygen atoms in total. The standard InChI is InChI=1S/C23H40N4O3/c1-4-27(5-2)13-16-30-22-9-7-20(8-10-22)17-26-23(24-3)25-12-6-14-28-18-21-11-15-29-19-21/h7-10,21H,4-6,11-19H2,1-3H3,(H2,24,25,26). The Kier molecular flexibility index (Phi) is 12.3. The summed E-state index contributed by atoms with van der Waals surface area (Å²) in [5, 5.41) is 6.68. The van der Waals surface area contributed by atoms with E-state index in [1.165, 1.54) is 5.56 Å². The number of nitrogens with one attached hydrogen (secondary N) is 2. The van der Waals surface area contributed by atoms with E-state index in [1.807, 2.05) is 12.1 Å². The molecule has 1 aliphatic rings. The van der Waals surface area contributed by atoms with Crippen molar-refractivity contribution in [2.45, 2.75) is 33.2 Å². The second kappa shape index (κ2) is 15.0. The molecule has 0 radical (unpaired) electrons. The van der Waals surface area contributed by atoms with Gasteiger partial charge in [-0.25, -0.2) is 0 Å². The zero-order valence-corrected chi connectivity index (χ0v) is 19.0. The third-order valence-electron chi connectivity index (χ3n) is 5.31. The van der Waals surface area contributed by atoms with Crippen molar-refractivity contribution in [1.29, 1.82) is 0 Å². The highest BCUT2D eigenvalue weighted by Crippen LogP contribution is 2.13. The summed E-state index contributed by atoms with van der Waals surface area (Å²) < 4.78 is 16.9. The van der Waals surface area contributed by atoms with Gasteiger partial charge in [-0.05, 0) is 43.6 Å². The van der Waals surface area contributed by atoms with Gasteiger partial charge in [0.25, 0.3) is 0 Å². The first-order valence-electron chi connectivity index (χ1n) is 11.3. The van der Waals surface area contributed by atoms with E-state index >= 15 is 0 Å². The molecule has 2 N–H and O–H groups in total. The smallest absolute Gasteiger partial charge is 0.191 e. The molecular weight excluding hydrogens is 380 g/mol. The van der Waals surface area contributed by atoms with Gasteiger partial charge in [-0.15, -0.1) is 0 Å². The Balaban J connectivity index is 1.56. The molecule has 1 unspecified atom stereocenters. The topological polar surface area (TPSA) is 67.4 Å². The Hall–Kier alpha value is -1.83. The van der Waals surface area contributed by atoms with Crippen molar-refractivity contribution < 1.29 is 14.2 Å². The zero-order valence-electron chi connectivity index (χ0n) is 19.0. The molecule has 1 aromatic rings. The van der Waals surface area contributed by atoms with Gasteiger partial charge in [0, 0.05) is 45.8 Å². The van der Waals surface area contributed by atoms with Crippen molar-refractivity contribution in [2.24, 2.45) is 10.9 Å². The Morgan fingerprint density at radius 2 is 1.97 bits per heavy atom. The van der Waals surface area contributed by atoms with Gasteiger partial charge >= 0.3 is 0 Å². The summed E-state index contributed by atoms with van der Waals surface area (Å²) >= 11 is 0. The quantitative estimate of drug-likeness (QED) is 0.274. The predicted molar refractivity (Wildman–Crippen MR) is 122 cm³/mol. The van der Waals surface area contributed by atoms with Gasteiger partial charge in [0.1, 0.15) is 12.4 Å². The number of aliphatic imine (C=N–C) groups is 1. The molecular formula is C23H40N4O3. The molecule has 1 aliphatic heterocycles. The zero-order chi connectivity index (χ0) is 21.4. The average Bonchev–Trinajstić information content (AvgIpc) is 3.30. The van der Waals surface area contributed by atoms with Gasteiger partial charge < -0.3 is 29.7 Å². The number of hydrogen-bond acceptors (Lipinski definition) is 5. The minimum absolute atomic E-state index is 0.576. The van der Waals surface area contributed by atoms with Crippen molar-refractivity contribution in [3.05, 3.63) is 29.8 Å². The van der Waals surface area contributed by atoms with Crippen molar-refractivity contribution in [3.8, 4) is 5.75 Å².